The summed E-state index contributed by atoms with van der Waals surface area (Å²) >= 11 is 6.02. The van der Waals surface area contributed by atoms with Gasteiger partial charge in [-0.15, -0.1) is 0 Å². The Kier molecular flexibility index (Phi) is 9.34. The highest BCUT2D eigenvalue weighted by Gasteiger charge is 2.15. The van der Waals surface area contributed by atoms with Crippen molar-refractivity contribution >= 4 is 41.3 Å². The Bertz CT molecular complexity index is 1640. The maximum Gasteiger partial charge on any atom is 0.343 e. The molecule has 0 unspecified atom stereocenters. The standard InChI is InChI=1S/C31H26ClN3O6/c1-19-6-4-8-22(14-19)31(38)41-27-12-10-20(15-28(27)40-3)18-33-35-29(36)21-7-5-9-24(16-21)34-30(37)25-17-23(32)11-13-26(25)39-2/h4-18H,1-3H3,(H,34,37)(H,35,36). The molecule has 2 amide bonds. The molecule has 4 rings (SSSR count). The van der Waals surface area contributed by atoms with Crippen LogP contribution in [0.3, 0.4) is 0 Å². The summed E-state index contributed by atoms with van der Waals surface area (Å²) in [6.07, 6.45) is 1.42. The summed E-state index contributed by atoms with van der Waals surface area (Å²) in [5.41, 5.74) is 5.33. The van der Waals surface area contributed by atoms with Gasteiger partial charge in [0.1, 0.15) is 5.75 Å². The van der Waals surface area contributed by atoms with Crippen LogP contribution < -0.4 is 25.0 Å². The molecule has 208 valence electrons. The molecule has 0 saturated carbocycles. The van der Waals surface area contributed by atoms with Crippen molar-refractivity contribution in [2.24, 2.45) is 5.10 Å². The first-order chi connectivity index (χ1) is 19.8. The van der Waals surface area contributed by atoms with Crippen molar-refractivity contribution in [2.75, 3.05) is 19.5 Å². The molecule has 0 atom stereocenters. The molecule has 10 heteroatoms. The molecule has 4 aromatic rings. The van der Waals surface area contributed by atoms with Crippen LogP contribution in [0.5, 0.6) is 17.2 Å². The van der Waals surface area contributed by atoms with Crippen molar-refractivity contribution in [3.05, 3.63) is 118 Å². The van der Waals surface area contributed by atoms with Gasteiger partial charge in [0.15, 0.2) is 11.5 Å². The van der Waals surface area contributed by atoms with Crippen molar-refractivity contribution in [1.82, 2.24) is 5.43 Å². The molecule has 41 heavy (non-hydrogen) atoms. The molecule has 0 spiro atoms. The highest BCUT2D eigenvalue weighted by Crippen LogP contribution is 2.28. The third kappa shape index (κ3) is 7.49. The molecule has 0 aliphatic heterocycles. The van der Waals surface area contributed by atoms with Gasteiger partial charge in [0.2, 0.25) is 0 Å². The largest absolute Gasteiger partial charge is 0.496 e. The second-order valence-corrected chi connectivity index (χ2v) is 9.18. The van der Waals surface area contributed by atoms with Gasteiger partial charge in [0, 0.05) is 16.3 Å². The van der Waals surface area contributed by atoms with Gasteiger partial charge in [-0.25, -0.2) is 10.2 Å². The number of methoxy groups -OCH3 is 2. The molecule has 2 N–H and O–H groups in total. The summed E-state index contributed by atoms with van der Waals surface area (Å²) in [5, 5.41) is 7.13. The van der Waals surface area contributed by atoms with E-state index in [-0.39, 0.29) is 16.9 Å². The number of nitrogens with one attached hydrogen (secondary N) is 2. The van der Waals surface area contributed by atoms with Crippen molar-refractivity contribution in [3.8, 4) is 17.2 Å². The number of anilines is 1. The van der Waals surface area contributed by atoms with E-state index in [0.717, 1.165) is 5.56 Å². The van der Waals surface area contributed by atoms with E-state index in [2.05, 4.69) is 15.8 Å². The van der Waals surface area contributed by atoms with Crippen LogP contribution in [0.15, 0.2) is 90.0 Å². The van der Waals surface area contributed by atoms with Gasteiger partial charge in [0.05, 0.1) is 31.6 Å². The van der Waals surface area contributed by atoms with E-state index in [1.54, 1.807) is 66.7 Å². The Balaban J connectivity index is 1.39. The first-order valence-corrected chi connectivity index (χ1v) is 12.7. The van der Waals surface area contributed by atoms with Crippen LogP contribution in [-0.2, 0) is 0 Å². The van der Waals surface area contributed by atoms with Gasteiger partial charge in [0.25, 0.3) is 11.8 Å². The molecular formula is C31H26ClN3O6. The number of ether oxygens (including phenoxy) is 3. The fraction of sp³-hybridized carbons (Fsp3) is 0.0968. The summed E-state index contributed by atoms with van der Waals surface area (Å²) in [6, 6.07) is 23.0. The number of benzene rings is 4. The van der Waals surface area contributed by atoms with Crippen molar-refractivity contribution in [1.29, 1.82) is 0 Å². The van der Waals surface area contributed by atoms with Gasteiger partial charge in [-0.2, -0.15) is 5.10 Å². The Hall–Kier alpha value is -5.15. The molecule has 4 aromatic carbocycles. The number of halogens is 1. The lowest BCUT2D eigenvalue weighted by Gasteiger charge is -2.11. The number of hydrazone groups is 1. The summed E-state index contributed by atoms with van der Waals surface area (Å²) in [7, 11) is 2.91. The summed E-state index contributed by atoms with van der Waals surface area (Å²) in [4.78, 5) is 38.0. The molecule has 0 aliphatic carbocycles. The Morgan fingerprint density at radius 2 is 1.51 bits per heavy atom. The van der Waals surface area contributed by atoms with E-state index in [0.29, 0.717) is 33.3 Å². The number of aryl methyl sites for hydroxylation is 1. The number of esters is 1. The van der Waals surface area contributed by atoms with Crippen LogP contribution in [-0.4, -0.2) is 38.2 Å². The maximum atomic E-state index is 12.8. The zero-order chi connectivity index (χ0) is 29.4. The third-order valence-corrected chi connectivity index (χ3v) is 6.05. The molecule has 0 bridgehead atoms. The van der Waals surface area contributed by atoms with E-state index in [4.69, 9.17) is 25.8 Å². The lowest BCUT2D eigenvalue weighted by Crippen LogP contribution is -2.18. The number of carbonyl (C=O) groups excluding carboxylic acids is 3. The fourth-order valence-electron chi connectivity index (χ4n) is 3.80. The van der Waals surface area contributed by atoms with Crippen LogP contribution in [0.1, 0.15) is 42.2 Å². The van der Waals surface area contributed by atoms with E-state index in [9.17, 15) is 14.4 Å². The minimum Gasteiger partial charge on any atom is -0.496 e. The average molecular weight is 572 g/mol. The topological polar surface area (TPSA) is 115 Å². The zero-order valence-electron chi connectivity index (χ0n) is 22.4. The molecule has 0 radical (unpaired) electrons. The second-order valence-electron chi connectivity index (χ2n) is 8.75. The summed E-state index contributed by atoms with van der Waals surface area (Å²) < 4.78 is 16.1. The molecule has 0 aromatic heterocycles. The Morgan fingerprint density at radius 3 is 2.27 bits per heavy atom. The molecule has 0 fully saturated rings. The van der Waals surface area contributed by atoms with E-state index < -0.39 is 17.8 Å². The van der Waals surface area contributed by atoms with Crippen LogP contribution >= 0.6 is 11.6 Å². The molecule has 0 aliphatic rings. The number of hydrogen-bond acceptors (Lipinski definition) is 7. The minimum atomic E-state index is -0.509. The Labute approximate surface area is 241 Å². The van der Waals surface area contributed by atoms with Crippen LogP contribution in [0.2, 0.25) is 5.02 Å². The first kappa shape index (κ1) is 28.8. The summed E-state index contributed by atoms with van der Waals surface area (Å²) in [6.45, 7) is 1.89. The van der Waals surface area contributed by atoms with Gasteiger partial charge in [-0.3, -0.25) is 9.59 Å². The number of nitrogens with zero attached hydrogens (tertiary/aromatic N) is 1. The minimum absolute atomic E-state index is 0.245. The fourth-order valence-corrected chi connectivity index (χ4v) is 3.98. The van der Waals surface area contributed by atoms with Gasteiger partial charge >= 0.3 is 5.97 Å². The number of carbonyl (C=O) groups is 3. The lowest BCUT2D eigenvalue weighted by molar-refractivity contribution is 0.0729. The predicted octanol–water partition coefficient (Wildman–Crippen LogP) is 5.90. The average Bonchev–Trinajstić information content (AvgIpc) is 2.97. The second kappa shape index (κ2) is 13.3. The van der Waals surface area contributed by atoms with Crippen LogP contribution in [0.25, 0.3) is 0 Å². The predicted molar refractivity (Wildman–Crippen MR) is 157 cm³/mol. The number of hydrogen-bond donors (Lipinski definition) is 2. The SMILES string of the molecule is COc1cc(C=NNC(=O)c2cccc(NC(=O)c3cc(Cl)ccc3OC)c2)ccc1OC(=O)c1cccc(C)c1. The van der Waals surface area contributed by atoms with Crippen LogP contribution in [0, 0.1) is 6.92 Å². The molecule has 0 heterocycles. The lowest BCUT2D eigenvalue weighted by atomic mass is 10.1. The van der Waals surface area contributed by atoms with E-state index in [1.807, 2.05) is 13.0 Å². The quantitative estimate of drug-likeness (QED) is 0.112. The molecule has 9 nitrogen and oxygen atoms in total. The van der Waals surface area contributed by atoms with Crippen molar-refractivity contribution in [3.63, 3.8) is 0 Å². The highest BCUT2D eigenvalue weighted by molar-refractivity contribution is 6.31. The van der Waals surface area contributed by atoms with Gasteiger partial charge in [-0.05, 0) is 79.2 Å². The first-order valence-electron chi connectivity index (χ1n) is 12.3. The summed E-state index contributed by atoms with van der Waals surface area (Å²) in [5.74, 6) is -0.513. The van der Waals surface area contributed by atoms with Gasteiger partial charge in [-0.1, -0.05) is 35.4 Å². The van der Waals surface area contributed by atoms with E-state index in [1.165, 1.54) is 32.6 Å². The number of rotatable bonds is 9. The van der Waals surface area contributed by atoms with Crippen molar-refractivity contribution in [2.45, 2.75) is 6.92 Å². The highest BCUT2D eigenvalue weighted by atomic mass is 35.5. The van der Waals surface area contributed by atoms with Crippen LogP contribution in [0.4, 0.5) is 5.69 Å². The molecule has 0 saturated heterocycles. The van der Waals surface area contributed by atoms with Gasteiger partial charge < -0.3 is 19.5 Å². The number of amides is 2. The monoisotopic (exact) mass is 571 g/mol. The third-order valence-electron chi connectivity index (χ3n) is 5.81. The zero-order valence-corrected chi connectivity index (χ0v) is 23.2. The maximum absolute atomic E-state index is 12.8. The smallest absolute Gasteiger partial charge is 0.343 e. The normalized spacial score (nSPS) is 10.6. The molecular weight excluding hydrogens is 546 g/mol. The van der Waals surface area contributed by atoms with Crippen molar-refractivity contribution < 1.29 is 28.6 Å². The Morgan fingerprint density at radius 1 is 0.780 bits per heavy atom. The van der Waals surface area contributed by atoms with E-state index >= 15 is 0 Å².